The Morgan fingerprint density at radius 2 is 1.79 bits per heavy atom. The first-order chi connectivity index (χ1) is 14.0. The lowest BCUT2D eigenvalue weighted by atomic mass is 10.0. The zero-order valence-corrected chi connectivity index (χ0v) is 16.7. The van der Waals surface area contributed by atoms with Crippen LogP contribution < -0.4 is 4.74 Å². The van der Waals surface area contributed by atoms with Gasteiger partial charge in [-0.1, -0.05) is 23.8 Å². The number of amides is 3. The fourth-order valence-corrected chi connectivity index (χ4v) is 4.20. The average molecular weight is 392 g/mol. The molecule has 150 valence electrons. The first kappa shape index (κ1) is 19.2. The molecule has 0 bridgehead atoms. The molecule has 0 aromatic heterocycles. The Hall–Kier alpha value is -3.15. The van der Waals surface area contributed by atoms with E-state index >= 15 is 0 Å². The topological polar surface area (TPSA) is 66.9 Å². The molecule has 1 atom stereocenters. The Bertz CT molecular complexity index is 967. The summed E-state index contributed by atoms with van der Waals surface area (Å²) in [4.78, 5) is 41.1. The van der Waals surface area contributed by atoms with Gasteiger partial charge in [0, 0.05) is 19.5 Å². The second kappa shape index (κ2) is 7.70. The van der Waals surface area contributed by atoms with Gasteiger partial charge in [-0.15, -0.1) is 0 Å². The molecule has 3 amide bonds. The quantitative estimate of drug-likeness (QED) is 0.732. The van der Waals surface area contributed by atoms with E-state index in [0.717, 1.165) is 29.7 Å². The van der Waals surface area contributed by atoms with Gasteiger partial charge >= 0.3 is 0 Å². The van der Waals surface area contributed by atoms with E-state index < -0.39 is 0 Å². The molecule has 1 fully saturated rings. The van der Waals surface area contributed by atoms with Crippen molar-refractivity contribution in [2.24, 2.45) is 0 Å². The molecule has 2 heterocycles. The Balaban J connectivity index is 1.43. The molecule has 29 heavy (non-hydrogen) atoms. The fraction of sp³-hybridized carbons (Fsp3) is 0.348. The standard InChI is InChI=1S/C23H24N2O4/c1-15-5-10-18-19(14-15)23(28)25(22(18)27)13-11-21(26)24-12-3-4-20(24)16-6-8-17(29-2)9-7-16/h5-10,14,20H,3-4,11-13H2,1-2H3/t20-/m0/s1. The lowest BCUT2D eigenvalue weighted by Gasteiger charge is -2.26. The maximum absolute atomic E-state index is 12.9. The number of imide groups is 1. The minimum atomic E-state index is -0.314. The van der Waals surface area contributed by atoms with Gasteiger partial charge in [-0.05, 0) is 49.6 Å². The zero-order chi connectivity index (χ0) is 20.5. The van der Waals surface area contributed by atoms with Gasteiger partial charge in [-0.2, -0.15) is 0 Å². The molecule has 0 N–H and O–H groups in total. The summed E-state index contributed by atoms with van der Waals surface area (Å²) in [6, 6.07) is 13.0. The van der Waals surface area contributed by atoms with E-state index in [1.807, 2.05) is 42.2 Å². The van der Waals surface area contributed by atoms with Crippen molar-refractivity contribution >= 4 is 17.7 Å². The molecular formula is C23H24N2O4. The minimum Gasteiger partial charge on any atom is -0.497 e. The van der Waals surface area contributed by atoms with Gasteiger partial charge in [0.25, 0.3) is 11.8 Å². The number of aryl methyl sites for hydroxylation is 1. The number of carbonyl (C=O) groups is 3. The third-order valence-corrected chi connectivity index (χ3v) is 5.75. The molecule has 0 unspecified atom stereocenters. The van der Waals surface area contributed by atoms with E-state index in [1.165, 1.54) is 4.90 Å². The van der Waals surface area contributed by atoms with Gasteiger partial charge in [0.15, 0.2) is 0 Å². The number of rotatable bonds is 5. The molecule has 0 radical (unpaired) electrons. The SMILES string of the molecule is COc1ccc([C@@H]2CCCN2C(=O)CCN2C(=O)c3ccc(C)cc3C2=O)cc1. The lowest BCUT2D eigenvalue weighted by molar-refractivity contribution is -0.132. The van der Waals surface area contributed by atoms with Crippen molar-refractivity contribution in [3.05, 3.63) is 64.7 Å². The van der Waals surface area contributed by atoms with E-state index in [-0.39, 0.29) is 36.7 Å². The van der Waals surface area contributed by atoms with Crippen LogP contribution in [0, 0.1) is 6.92 Å². The Morgan fingerprint density at radius 1 is 1.07 bits per heavy atom. The van der Waals surface area contributed by atoms with Crippen molar-refractivity contribution in [2.75, 3.05) is 20.2 Å². The summed E-state index contributed by atoms with van der Waals surface area (Å²) in [6.07, 6.45) is 1.98. The van der Waals surface area contributed by atoms with Crippen LogP contribution in [0.5, 0.6) is 5.75 Å². The smallest absolute Gasteiger partial charge is 0.261 e. The monoisotopic (exact) mass is 392 g/mol. The van der Waals surface area contributed by atoms with Crippen molar-refractivity contribution in [1.82, 2.24) is 9.80 Å². The molecule has 0 spiro atoms. The number of ether oxygens (including phenoxy) is 1. The van der Waals surface area contributed by atoms with Crippen molar-refractivity contribution in [3.8, 4) is 5.75 Å². The van der Waals surface area contributed by atoms with Gasteiger partial charge in [0.1, 0.15) is 5.75 Å². The number of methoxy groups -OCH3 is 1. The third-order valence-electron chi connectivity index (χ3n) is 5.75. The van der Waals surface area contributed by atoms with Crippen molar-refractivity contribution in [3.63, 3.8) is 0 Å². The second-order valence-electron chi connectivity index (χ2n) is 7.58. The third kappa shape index (κ3) is 3.50. The van der Waals surface area contributed by atoms with Crippen LogP contribution >= 0.6 is 0 Å². The highest BCUT2D eigenvalue weighted by Gasteiger charge is 2.36. The lowest BCUT2D eigenvalue weighted by Crippen LogP contribution is -2.36. The van der Waals surface area contributed by atoms with Crippen LogP contribution in [-0.2, 0) is 4.79 Å². The molecule has 2 aliphatic heterocycles. The van der Waals surface area contributed by atoms with Gasteiger partial charge in [0.05, 0.1) is 24.3 Å². The molecule has 6 nitrogen and oxygen atoms in total. The number of hydrogen-bond acceptors (Lipinski definition) is 4. The predicted octanol–water partition coefficient (Wildman–Crippen LogP) is 3.35. The summed E-state index contributed by atoms with van der Waals surface area (Å²) >= 11 is 0. The number of carbonyl (C=O) groups excluding carboxylic acids is 3. The molecule has 0 aliphatic carbocycles. The predicted molar refractivity (Wildman–Crippen MR) is 108 cm³/mol. The second-order valence-corrected chi connectivity index (χ2v) is 7.58. The number of fused-ring (bicyclic) bond motifs is 1. The Labute approximate surface area is 170 Å². The van der Waals surface area contributed by atoms with Crippen LogP contribution in [0.4, 0.5) is 0 Å². The van der Waals surface area contributed by atoms with Gasteiger partial charge in [0.2, 0.25) is 5.91 Å². The first-order valence-electron chi connectivity index (χ1n) is 9.90. The van der Waals surface area contributed by atoms with Crippen LogP contribution in [0.25, 0.3) is 0 Å². The van der Waals surface area contributed by atoms with Crippen LogP contribution in [0.3, 0.4) is 0 Å². The fourth-order valence-electron chi connectivity index (χ4n) is 4.20. The van der Waals surface area contributed by atoms with Gasteiger partial charge in [-0.3, -0.25) is 19.3 Å². The highest BCUT2D eigenvalue weighted by Crippen LogP contribution is 2.33. The Kier molecular flexibility index (Phi) is 5.09. The molecule has 6 heteroatoms. The van der Waals surface area contributed by atoms with Crippen molar-refractivity contribution in [2.45, 2.75) is 32.2 Å². The molecule has 0 saturated carbocycles. The van der Waals surface area contributed by atoms with Crippen LogP contribution in [-0.4, -0.2) is 47.7 Å². The molecule has 2 aliphatic rings. The van der Waals surface area contributed by atoms with Crippen molar-refractivity contribution < 1.29 is 19.1 Å². The van der Waals surface area contributed by atoms with E-state index in [1.54, 1.807) is 19.2 Å². The van der Waals surface area contributed by atoms with Gasteiger partial charge < -0.3 is 9.64 Å². The number of benzene rings is 2. The maximum atomic E-state index is 12.9. The van der Waals surface area contributed by atoms with Crippen LogP contribution in [0.2, 0.25) is 0 Å². The van der Waals surface area contributed by atoms with Crippen LogP contribution in [0.1, 0.15) is 57.1 Å². The number of likely N-dealkylation sites (tertiary alicyclic amines) is 1. The molecule has 2 aromatic carbocycles. The summed E-state index contributed by atoms with van der Waals surface area (Å²) in [7, 11) is 1.63. The molecular weight excluding hydrogens is 368 g/mol. The minimum absolute atomic E-state index is 0.0261. The number of hydrogen-bond donors (Lipinski definition) is 0. The highest BCUT2D eigenvalue weighted by atomic mass is 16.5. The average Bonchev–Trinajstić information content (AvgIpc) is 3.31. The summed E-state index contributed by atoms with van der Waals surface area (Å²) in [5.41, 5.74) is 2.86. The van der Waals surface area contributed by atoms with Crippen LogP contribution in [0.15, 0.2) is 42.5 Å². The summed E-state index contributed by atoms with van der Waals surface area (Å²) < 4.78 is 5.21. The Morgan fingerprint density at radius 3 is 2.52 bits per heavy atom. The number of nitrogens with zero attached hydrogens (tertiary/aromatic N) is 2. The first-order valence-corrected chi connectivity index (χ1v) is 9.90. The van der Waals surface area contributed by atoms with Gasteiger partial charge in [-0.25, -0.2) is 0 Å². The summed E-state index contributed by atoms with van der Waals surface area (Å²) in [5.74, 6) is 0.127. The van der Waals surface area contributed by atoms with Crippen molar-refractivity contribution in [1.29, 1.82) is 0 Å². The molecule has 2 aromatic rings. The largest absolute Gasteiger partial charge is 0.497 e. The van der Waals surface area contributed by atoms with E-state index in [2.05, 4.69) is 0 Å². The van der Waals surface area contributed by atoms with E-state index in [4.69, 9.17) is 4.74 Å². The summed E-state index contributed by atoms with van der Waals surface area (Å²) in [6.45, 7) is 2.68. The molecule has 4 rings (SSSR count). The van der Waals surface area contributed by atoms with E-state index in [9.17, 15) is 14.4 Å². The molecule has 1 saturated heterocycles. The normalized spacial score (nSPS) is 18.3. The highest BCUT2D eigenvalue weighted by molar-refractivity contribution is 6.21. The maximum Gasteiger partial charge on any atom is 0.261 e. The zero-order valence-electron chi connectivity index (χ0n) is 16.7. The summed E-state index contributed by atoms with van der Waals surface area (Å²) in [5, 5.41) is 0. The van der Waals surface area contributed by atoms with E-state index in [0.29, 0.717) is 17.7 Å².